The number of aromatic nitrogens is 3. The average Bonchev–Trinajstić information content (AvgIpc) is 3.30. The fraction of sp³-hybridized carbons (Fsp3) is 0.250. The summed E-state index contributed by atoms with van der Waals surface area (Å²) in [6.45, 7) is 3.03. The number of esters is 1. The minimum Gasteiger partial charge on any atom is -0.494 e. The van der Waals surface area contributed by atoms with E-state index in [-0.39, 0.29) is 11.2 Å². The van der Waals surface area contributed by atoms with E-state index in [0.29, 0.717) is 24.8 Å². The number of hydrogen-bond acceptors (Lipinski definition) is 6. The second kappa shape index (κ2) is 7.84. The first kappa shape index (κ1) is 17.6. The normalized spacial score (nSPS) is 16.3. The van der Waals surface area contributed by atoms with Crippen LogP contribution in [-0.4, -0.2) is 39.2 Å². The van der Waals surface area contributed by atoms with E-state index < -0.39 is 0 Å². The molecule has 1 saturated heterocycles. The van der Waals surface area contributed by atoms with Crippen LogP contribution in [0, 0.1) is 0 Å². The molecule has 4 rings (SSSR count). The zero-order chi connectivity index (χ0) is 18.6. The van der Waals surface area contributed by atoms with Crippen LogP contribution in [0.15, 0.2) is 59.8 Å². The van der Waals surface area contributed by atoms with Gasteiger partial charge < -0.3 is 9.47 Å². The first-order chi connectivity index (χ1) is 13.3. The lowest BCUT2D eigenvalue weighted by Gasteiger charge is -2.12. The molecule has 0 amide bonds. The molecule has 0 spiro atoms. The molecule has 2 heterocycles. The van der Waals surface area contributed by atoms with Gasteiger partial charge in [-0.1, -0.05) is 42.1 Å². The molecule has 138 valence electrons. The Bertz CT molecular complexity index is 925. The summed E-state index contributed by atoms with van der Waals surface area (Å²) >= 11 is 1.39. The van der Waals surface area contributed by atoms with Crippen molar-refractivity contribution in [2.45, 2.75) is 23.8 Å². The summed E-state index contributed by atoms with van der Waals surface area (Å²) in [6, 6.07) is 17.7. The number of hydrogen-bond donors (Lipinski definition) is 0. The van der Waals surface area contributed by atoms with Crippen LogP contribution in [0.25, 0.3) is 17.1 Å². The van der Waals surface area contributed by atoms with Crippen LogP contribution in [0.4, 0.5) is 0 Å². The Balaban J connectivity index is 1.75. The monoisotopic (exact) mass is 381 g/mol. The Morgan fingerprint density at radius 1 is 1.15 bits per heavy atom. The lowest BCUT2D eigenvalue weighted by Crippen LogP contribution is -2.11. The maximum absolute atomic E-state index is 11.9. The van der Waals surface area contributed by atoms with E-state index in [9.17, 15) is 4.79 Å². The summed E-state index contributed by atoms with van der Waals surface area (Å²) < 4.78 is 12.6. The van der Waals surface area contributed by atoms with Crippen molar-refractivity contribution in [1.82, 2.24) is 14.8 Å². The highest BCUT2D eigenvalue weighted by molar-refractivity contribution is 8.00. The molecule has 1 fully saturated rings. The van der Waals surface area contributed by atoms with Crippen molar-refractivity contribution in [3.63, 3.8) is 0 Å². The number of nitrogens with zero attached hydrogens (tertiary/aromatic N) is 3. The number of carbonyl (C=O) groups excluding carboxylic acids is 1. The quantitative estimate of drug-likeness (QED) is 0.606. The van der Waals surface area contributed by atoms with Gasteiger partial charge in [-0.3, -0.25) is 9.36 Å². The van der Waals surface area contributed by atoms with Crippen LogP contribution in [0.1, 0.15) is 13.3 Å². The molecule has 27 heavy (non-hydrogen) atoms. The largest absolute Gasteiger partial charge is 0.494 e. The second-order valence-corrected chi connectivity index (χ2v) is 7.17. The van der Waals surface area contributed by atoms with Crippen molar-refractivity contribution in [2.24, 2.45) is 0 Å². The zero-order valence-electron chi connectivity index (χ0n) is 14.9. The molecule has 0 aliphatic carbocycles. The highest BCUT2D eigenvalue weighted by Gasteiger charge is 2.30. The van der Waals surface area contributed by atoms with E-state index >= 15 is 0 Å². The third kappa shape index (κ3) is 3.68. The summed E-state index contributed by atoms with van der Waals surface area (Å²) in [5.74, 6) is 1.35. The Hall–Kier alpha value is -2.80. The average molecular weight is 381 g/mol. The summed E-state index contributed by atoms with van der Waals surface area (Å²) in [4.78, 5) is 11.9. The van der Waals surface area contributed by atoms with Crippen molar-refractivity contribution in [3.8, 4) is 22.8 Å². The molecule has 1 aliphatic heterocycles. The standard InChI is InChI=1S/C20H19N3O3S/c1-2-25-16-10-8-15(9-11-16)23-18(14-6-4-3-5-7-14)21-22-20(23)27-17-12-13-26-19(17)24/h3-11,17H,2,12-13H2,1H3. The minimum atomic E-state index is -0.251. The predicted molar refractivity (Wildman–Crippen MR) is 103 cm³/mol. The molecule has 3 aromatic rings. The zero-order valence-corrected chi connectivity index (χ0v) is 15.7. The van der Waals surface area contributed by atoms with Crippen LogP contribution in [0.2, 0.25) is 0 Å². The van der Waals surface area contributed by atoms with E-state index in [2.05, 4.69) is 10.2 Å². The van der Waals surface area contributed by atoms with Crippen molar-refractivity contribution in [1.29, 1.82) is 0 Å². The van der Waals surface area contributed by atoms with Gasteiger partial charge in [-0.2, -0.15) is 0 Å². The van der Waals surface area contributed by atoms with Gasteiger partial charge in [0.2, 0.25) is 0 Å². The highest BCUT2D eigenvalue weighted by Crippen LogP contribution is 2.33. The smallest absolute Gasteiger partial charge is 0.319 e. The number of benzene rings is 2. The first-order valence-corrected chi connectivity index (χ1v) is 9.71. The van der Waals surface area contributed by atoms with Gasteiger partial charge in [0.15, 0.2) is 11.0 Å². The molecule has 7 heteroatoms. The van der Waals surface area contributed by atoms with Gasteiger partial charge in [0.05, 0.1) is 13.2 Å². The van der Waals surface area contributed by atoms with E-state index in [1.807, 2.05) is 66.1 Å². The third-order valence-corrected chi connectivity index (χ3v) is 5.39. The molecule has 0 saturated carbocycles. The summed E-state index contributed by atoms with van der Waals surface area (Å²) in [7, 11) is 0. The maximum Gasteiger partial charge on any atom is 0.319 e. The van der Waals surface area contributed by atoms with Crippen LogP contribution < -0.4 is 4.74 Å². The van der Waals surface area contributed by atoms with E-state index in [4.69, 9.17) is 9.47 Å². The lowest BCUT2D eigenvalue weighted by molar-refractivity contribution is -0.137. The Morgan fingerprint density at radius 3 is 2.59 bits per heavy atom. The van der Waals surface area contributed by atoms with Gasteiger partial charge >= 0.3 is 5.97 Å². The lowest BCUT2D eigenvalue weighted by atomic mass is 10.2. The molecular formula is C20H19N3O3S. The van der Waals surface area contributed by atoms with Gasteiger partial charge in [0, 0.05) is 17.7 Å². The third-order valence-electron chi connectivity index (χ3n) is 4.21. The minimum absolute atomic E-state index is 0.192. The van der Waals surface area contributed by atoms with Crippen LogP contribution in [0.3, 0.4) is 0 Å². The van der Waals surface area contributed by atoms with Crippen LogP contribution in [-0.2, 0) is 9.53 Å². The van der Waals surface area contributed by atoms with Gasteiger partial charge in [0.1, 0.15) is 11.0 Å². The molecule has 1 aliphatic rings. The van der Waals surface area contributed by atoms with Crippen molar-refractivity contribution in [3.05, 3.63) is 54.6 Å². The Kier molecular flexibility index (Phi) is 5.11. The maximum atomic E-state index is 11.9. The summed E-state index contributed by atoms with van der Waals surface area (Å²) in [6.07, 6.45) is 0.681. The van der Waals surface area contributed by atoms with E-state index in [0.717, 1.165) is 22.8 Å². The van der Waals surface area contributed by atoms with Crippen LogP contribution >= 0.6 is 11.8 Å². The Labute approximate surface area is 161 Å². The molecule has 2 aromatic carbocycles. The summed E-state index contributed by atoms with van der Waals surface area (Å²) in [5.41, 5.74) is 1.87. The number of thioether (sulfide) groups is 1. The molecule has 0 radical (unpaired) electrons. The van der Waals surface area contributed by atoms with Crippen LogP contribution in [0.5, 0.6) is 5.75 Å². The van der Waals surface area contributed by atoms with Gasteiger partial charge in [-0.05, 0) is 31.2 Å². The second-order valence-electron chi connectivity index (χ2n) is 6.00. The predicted octanol–water partition coefficient (Wildman–Crippen LogP) is 3.74. The molecule has 0 bridgehead atoms. The van der Waals surface area contributed by atoms with E-state index in [1.165, 1.54) is 11.8 Å². The number of cyclic esters (lactones) is 1. The SMILES string of the molecule is CCOc1ccc(-n2c(SC3CCOC3=O)nnc2-c2ccccc2)cc1. The van der Waals surface area contributed by atoms with Crippen molar-refractivity contribution >= 4 is 17.7 Å². The van der Waals surface area contributed by atoms with Crippen molar-refractivity contribution < 1.29 is 14.3 Å². The van der Waals surface area contributed by atoms with Gasteiger partial charge in [0.25, 0.3) is 0 Å². The fourth-order valence-electron chi connectivity index (χ4n) is 2.92. The molecule has 0 N–H and O–H groups in total. The first-order valence-electron chi connectivity index (χ1n) is 8.83. The van der Waals surface area contributed by atoms with Gasteiger partial charge in [-0.25, -0.2) is 0 Å². The molecule has 1 atom stereocenters. The molecule has 1 unspecified atom stereocenters. The number of ether oxygens (including phenoxy) is 2. The highest BCUT2D eigenvalue weighted by atomic mass is 32.2. The molecule has 1 aromatic heterocycles. The number of carbonyl (C=O) groups is 1. The van der Waals surface area contributed by atoms with Crippen molar-refractivity contribution in [2.75, 3.05) is 13.2 Å². The van der Waals surface area contributed by atoms with Gasteiger partial charge in [-0.15, -0.1) is 10.2 Å². The molecule has 6 nitrogen and oxygen atoms in total. The molecular weight excluding hydrogens is 362 g/mol. The summed E-state index contributed by atoms with van der Waals surface area (Å²) in [5, 5.41) is 9.18. The van der Waals surface area contributed by atoms with E-state index in [1.54, 1.807) is 0 Å². The topological polar surface area (TPSA) is 66.2 Å². The fourth-order valence-corrected chi connectivity index (χ4v) is 3.94. The Morgan fingerprint density at radius 2 is 1.93 bits per heavy atom. The number of rotatable bonds is 6.